The Kier molecular flexibility index (Phi) is 6.35. The Balaban J connectivity index is 1.39. The molecule has 0 atom stereocenters. The zero-order valence-corrected chi connectivity index (χ0v) is 18.8. The molecule has 0 radical (unpaired) electrons. The van der Waals surface area contributed by atoms with E-state index in [0.717, 1.165) is 20.1 Å². The minimum absolute atomic E-state index is 0.160. The maximum atomic E-state index is 12.3. The molecule has 1 aliphatic rings. The van der Waals surface area contributed by atoms with Crippen molar-refractivity contribution in [1.82, 2.24) is 5.43 Å². The molecule has 1 amide bonds. The van der Waals surface area contributed by atoms with E-state index in [1.165, 1.54) is 0 Å². The zero-order valence-electron chi connectivity index (χ0n) is 15.6. The fraction of sp³-hybridized carbons (Fsp3) is 0.0909. The van der Waals surface area contributed by atoms with Gasteiger partial charge in [0.05, 0.1) is 15.2 Å². The second-order valence-electron chi connectivity index (χ2n) is 6.36. The summed E-state index contributed by atoms with van der Waals surface area (Å²) in [5, 5.41) is 4.04. The summed E-state index contributed by atoms with van der Waals surface area (Å²) < 4.78 is 18.0. The van der Waals surface area contributed by atoms with Gasteiger partial charge in [0.15, 0.2) is 11.5 Å². The van der Waals surface area contributed by atoms with Crippen LogP contribution in [0.3, 0.4) is 0 Å². The first-order chi connectivity index (χ1) is 14.6. The van der Waals surface area contributed by atoms with Crippen molar-refractivity contribution in [2.24, 2.45) is 5.10 Å². The summed E-state index contributed by atoms with van der Waals surface area (Å²) >= 11 is 7.06. The fourth-order valence-electron chi connectivity index (χ4n) is 2.79. The van der Waals surface area contributed by atoms with E-state index < -0.39 is 0 Å². The van der Waals surface area contributed by atoms with E-state index in [-0.39, 0.29) is 12.7 Å². The summed E-state index contributed by atoms with van der Waals surface area (Å²) in [7, 11) is 0. The second kappa shape index (κ2) is 9.32. The van der Waals surface area contributed by atoms with E-state index in [0.29, 0.717) is 29.4 Å². The first kappa shape index (κ1) is 20.4. The van der Waals surface area contributed by atoms with Crippen LogP contribution in [-0.2, 0) is 6.61 Å². The Bertz CT molecular complexity index is 1080. The Morgan fingerprint density at radius 1 is 1.03 bits per heavy atom. The number of carbonyl (C=O) groups excluding carboxylic acids is 1. The number of benzene rings is 3. The molecule has 0 unspecified atom stereocenters. The number of nitrogens with one attached hydrogen (secondary N) is 1. The Morgan fingerprint density at radius 2 is 1.77 bits per heavy atom. The van der Waals surface area contributed by atoms with E-state index in [1.54, 1.807) is 24.4 Å². The van der Waals surface area contributed by atoms with Gasteiger partial charge in [-0.3, -0.25) is 4.79 Å². The molecule has 0 saturated heterocycles. The molecule has 1 aliphatic heterocycles. The Morgan fingerprint density at radius 3 is 2.53 bits per heavy atom. The van der Waals surface area contributed by atoms with Crippen LogP contribution in [0.15, 0.2) is 74.7 Å². The van der Waals surface area contributed by atoms with Gasteiger partial charge in [-0.2, -0.15) is 5.10 Å². The van der Waals surface area contributed by atoms with Crippen molar-refractivity contribution in [2.75, 3.05) is 6.79 Å². The van der Waals surface area contributed by atoms with Gasteiger partial charge in [0.25, 0.3) is 5.91 Å². The first-order valence-corrected chi connectivity index (χ1v) is 10.6. The molecule has 3 aromatic rings. The predicted molar refractivity (Wildman–Crippen MR) is 120 cm³/mol. The fourth-order valence-corrected chi connectivity index (χ4v) is 4.24. The molecule has 1 heterocycles. The number of hydrogen-bond acceptors (Lipinski definition) is 5. The normalized spacial score (nSPS) is 12.2. The van der Waals surface area contributed by atoms with Crippen LogP contribution in [0.5, 0.6) is 17.2 Å². The molecular formula is C22H16Br2N2O4. The van der Waals surface area contributed by atoms with Crippen molar-refractivity contribution in [1.29, 1.82) is 0 Å². The lowest BCUT2D eigenvalue weighted by molar-refractivity contribution is 0.0954. The standard InChI is InChI=1S/C22H16Br2N2O4/c23-17-8-15(9-18(24)21(17)28-12-14-4-2-1-3-5-14)11-25-26-22(27)16-6-7-19-20(10-16)30-13-29-19/h1-11H,12-13H2,(H,26,27)/b25-11-. The highest BCUT2D eigenvalue weighted by Crippen LogP contribution is 2.35. The van der Waals surface area contributed by atoms with Crippen LogP contribution in [0.25, 0.3) is 0 Å². The zero-order chi connectivity index (χ0) is 20.9. The Hall–Kier alpha value is -2.84. The van der Waals surface area contributed by atoms with Gasteiger partial charge in [-0.25, -0.2) is 5.43 Å². The van der Waals surface area contributed by atoms with Crippen molar-refractivity contribution >= 4 is 44.0 Å². The second-order valence-corrected chi connectivity index (χ2v) is 8.06. The number of carbonyl (C=O) groups is 1. The lowest BCUT2D eigenvalue weighted by Crippen LogP contribution is -2.17. The van der Waals surface area contributed by atoms with Gasteiger partial charge >= 0.3 is 0 Å². The number of rotatable bonds is 6. The third-order valence-electron chi connectivity index (χ3n) is 4.26. The monoisotopic (exact) mass is 530 g/mol. The van der Waals surface area contributed by atoms with E-state index >= 15 is 0 Å². The average molecular weight is 532 g/mol. The van der Waals surface area contributed by atoms with Crippen LogP contribution in [0.1, 0.15) is 21.5 Å². The lowest BCUT2D eigenvalue weighted by atomic mass is 10.2. The number of ether oxygens (including phenoxy) is 3. The molecule has 6 nitrogen and oxygen atoms in total. The highest BCUT2D eigenvalue weighted by molar-refractivity contribution is 9.11. The maximum absolute atomic E-state index is 12.3. The molecular weight excluding hydrogens is 516 g/mol. The van der Waals surface area contributed by atoms with Crippen molar-refractivity contribution in [3.05, 3.63) is 86.3 Å². The summed E-state index contributed by atoms with van der Waals surface area (Å²) in [6.07, 6.45) is 1.56. The third kappa shape index (κ3) is 4.83. The van der Waals surface area contributed by atoms with Crippen LogP contribution in [0.4, 0.5) is 0 Å². The van der Waals surface area contributed by atoms with E-state index in [2.05, 4.69) is 42.4 Å². The molecule has 8 heteroatoms. The number of hydrogen-bond donors (Lipinski definition) is 1. The molecule has 0 aromatic heterocycles. The third-order valence-corrected chi connectivity index (χ3v) is 5.44. The Labute approximate surface area is 190 Å². The predicted octanol–water partition coefficient (Wildman–Crippen LogP) is 5.28. The average Bonchev–Trinajstić information content (AvgIpc) is 3.22. The number of halogens is 2. The molecule has 152 valence electrons. The van der Waals surface area contributed by atoms with Gasteiger partial charge in [0.2, 0.25) is 6.79 Å². The van der Waals surface area contributed by atoms with Crippen molar-refractivity contribution in [2.45, 2.75) is 6.61 Å². The lowest BCUT2D eigenvalue weighted by Gasteiger charge is -2.11. The van der Waals surface area contributed by atoms with Crippen molar-refractivity contribution < 1.29 is 19.0 Å². The van der Waals surface area contributed by atoms with Gasteiger partial charge in [-0.15, -0.1) is 0 Å². The summed E-state index contributed by atoms with van der Waals surface area (Å²) in [5.41, 5.74) is 4.81. The quantitative estimate of drug-likeness (QED) is 0.347. The minimum atomic E-state index is -0.342. The van der Waals surface area contributed by atoms with E-state index in [4.69, 9.17) is 14.2 Å². The van der Waals surface area contributed by atoms with Gasteiger partial charge in [-0.05, 0) is 73.3 Å². The SMILES string of the molecule is O=C(N/N=C\c1cc(Br)c(OCc2ccccc2)c(Br)c1)c1ccc2c(c1)OCO2. The number of fused-ring (bicyclic) bond motifs is 1. The van der Waals surface area contributed by atoms with Gasteiger partial charge in [0.1, 0.15) is 12.4 Å². The molecule has 1 N–H and O–H groups in total. The molecule has 0 aliphatic carbocycles. The van der Waals surface area contributed by atoms with E-state index in [9.17, 15) is 4.79 Å². The van der Waals surface area contributed by atoms with Crippen LogP contribution < -0.4 is 19.6 Å². The van der Waals surface area contributed by atoms with E-state index in [1.807, 2.05) is 42.5 Å². The highest BCUT2D eigenvalue weighted by Gasteiger charge is 2.16. The van der Waals surface area contributed by atoms with Gasteiger partial charge < -0.3 is 14.2 Å². The number of hydrazone groups is 1. The molecule has 0 fully saturated rings. The summed E-state index contributed by atoms with van der Waals surface area (Å²) in [6, 6.07) is 18.6. The largest absolute Gasteiger partial charge is 0.487 e. The van der Waals surface area contributed by atoms with Gasteiger partial charge in [-0.1, -0.05) is 30.3 Å². The van der Waals surface area contributed by atoms with Crippen LogP contribution in [0.2, 0.25) is 0 Å². The van der Waals surface area contributed by atoms with Gasteiger partial charge in [0, 0.05) is 5.56 Å². The summed E-state index contributed by atoms with van der Waals surface area (Å²) in [6.45, 7) is 0.616. The summed E-state index contributed by atoms with van der Waals surface area (Å²) in [5.74, 6) is 1.52. The van der Waals surface area contributed by atoms with Crippen molar-refractivity contribution in [3.63, 3.8) is 0 Å². The first-order valence-electron chi connectivity index (χ1n) is 8.99. The van der Waals surface area contributed by atoms with Crippen LogP contribution in [0, 0.1) is 0 Å². The number of amides is 1. The molecule has 0 spiro atoms. The molecule has 0 saturated carbocycles. The topological polar surface area (TPSA) is 69.2 Å². The number of nitrogens with zero attached hydrogens (tertiary/aromatic N) is 1. The molecule has 0 bridgehead atoms. The van der Waals surface area contributed by atoms with Crippen LogP contribution >= 0.6 is 31.9 Å². The smallest absolute Gasteiger partial charge is 0.271 e. The van der Waals surface area contributed by atoms with Crippen molar-refractivity contribution in [3.8, 4) is 17.2 Å². The summed E-state index contributed by atoms with van der Waals surface area (Å²) in [4.78, 5) is 12.3. The molecule has 30 heavy (non-hydrogen) atoms. The highest BCUT2D eigenvalue weighted by atomic mass is 79.9. The maximum Gasteiger partial charge on any atom is 0.271 e. The molecule has 3 aromatic carbocycles. The molecule has 4 rings (SSSR count). The minimum Gasteiger partial charge on any atom is -0.487 e. The van der Waals surface area contributed by atoms with Crippen LogP contribution in [-0.4, -0.2) is 18.9 Å².